The zero-order valence-electron chi connectivity index (χ0n) is 13.8. The average molecular weight is 285 g/mol. The molecule has 0 aromatic heterocycles. The van der Waals surface area contributed by atoms with Crippen molar-refractivity contribution in [2.24, 2.45) is 5.41 Å². The smallest absolute Gasteiger partial charge is 0.00884 e. The van der Waals surface area contributed by atoms with Gasteiger partial charge in [0.1, 0.15) is 0 Å². The molecule has 1 spiro atoms. The number of hydrogen-bond donors (Lipinski definition) is 1. The molecule has 1 heteroatoms. The summed E-state index contributed by atoms with van der Waals surface area (Å²) in [5.74, 6) is 0. The van der Waals surface area contributed by atoms with Crippen LogP contribution in [-0.4, -0.2) is 12.6 Å². The molecule has 2 fully saturated rings. The quantitative estimate of drug-likeness (QED) is 0.815. The largest absolute Gasteiger partial charge is 0.314 e. The van der Waals surface area contributed by atoms with E-state index >= 15 is 0 Å². The maximum Gasteiger partial charge on any atom is 0.00884 e. The van der Waals surface area contributed by atoms with Crippen molar-refractivity contribution in [3.8, 4) is 0 Å². The highest BCUT2D eigenvalue weighted by molar-refractivity contribution is 5.31. The lowest BCUT2D eigenvalue weighted by molar-refractivity contribution is 0.00514. The highest BCUT2D eigenvalue weighted by atomic mass is 14.9. The summed E-state index contributed by atoms with van der Waals surface area (Å²) in [5, 5.41) is 3.72. The summed E-state index contributed by atoms with van der Waals surface area (Å²) in [4.78, 5) is 0. The van der Waals surface area contributed by atoms with Crippen LogP contribution < -0.4 is 5.32 Å². The molecule has 0 saturated heterocycles. The van der Waals surface area contributed by atoms with Crippen LogP contribution in [0.3, 0.4) is 0 Å². The Bertz CT molecular complexity index is 432. The highest BCUT2D eigenvalue weighted by Gasteiger charge is 2.54. The number of hydrogen-bond acceptors (Lipinski definition) is 1. The van der Waals surface area contributed by atoms with Gasteiger partial charge in [0, 0.05) is 18.0 Å². The molecule has 0 bridgehead atoms. The zero-order chi connectivity index (χ0) is 14.8. The van der Waals surface area contributed by atoms with E-state index in [1.165, 1.54) is 51.4 Å². The Morgan fingerprint density at radius 2 is 1.57 bits per heavy atom. The van der Waals surface area contributed by atoms with Crippen molar-refractivity contribution >= 4 is 0 Å². The van der Waals surface area contributed by atoms with Crippen molar-refractivity contribution in [2.75, 3.05) is 6.54 Å². The molecule has 0 unspecified atom stereocenters. The Balaban J connectivity index is 1.76. The second kappa shape index (κ2) is 6.12. The van der Waals surface area contributed by atoms with Crippen LogP contribution in [0.5, 0.6) is 0 Å². The van der Waals surface area contributed by atoms with Gasteiger partial charge in [-0.15, -0.1) is 0 Å². The van der Waals surface area contributed by atoms with Gasteiger partial charge in [0.05, 0.1) is 0 Å². The molecule has 0 atom stereocenters. The second-order valence-corrected chi connectivity index (χ2v) is 7.95. The Labute approximate surface area is 130 Å². The maximum absolute atomic E-state index is 3.72. The van der Waals surface area contributed by atoms with Crippen LogP contribution in [0.15, 0.2) is 30.3 Å². The molecule has 2 aliphatic rings. The fraction of sp³-hybridized carbons (Fsp3) is 0.700. The molecule has 116 valence electrons. The van der Waals surface area contributed by atoms with Gasteiger partial charge in [-0.25, -0.2) is 0 Å². The van der Waals surface area contributed by atoms with Crippen LogP contribution in [0.1, 0.15) is 70.8 Å². The van der Waals surface area contributed by atoms with Crippen molar-refractivity contribution in [1.29, 1.82) is 0 Å². The highest BCUT2D eigenvalue weighted by Crippen LogP contribution is 2.61. The molecular weight excluding hydrogens is 254 g/mol. The van der Waals surface area contributed by atoms with Gasteiger partial charge in [-0.2, -0.15) is 0 Å². The van der Waals surface area contributed by atoms with Gasteiger partial charge in [-0.05, 0) is 36.7 Å². The molecule has 21 heavy (non-hydrogen) atoms. The zero-order valence-corrected chi connectivity index (χ0v) is 13.8. The van der Waals surface area contributed by atoms with E-state index in [1.54, 1.807) is 5.56 Å². The lowest BCUT2D eigenvalue weighted by atomic mass is 9.48. The number of rotatable bonds is 4. The Hall–Kier alpha value is -0.820. The lowest BCUT2D eigenvalue weighted by Crippen LogP contribution is -2.55. The van der Waals surface area contributed by atoms with Crippen LogP contribution in [0.25, 0.3) is 0 Å². The summed E-state index contributed by atoms with van der Waals surface area (Å²) in [7, 11) is 0. The minimum absolute atomic E-state index is 0.399. The van der Waals surface area contributed by atoms with Gasteiger partial charge < -0.3 is 5.32 Å². The van der Waals surface area contributed by atoms with Crippen LogP contribution in [0, 0.1) is 5.41 Å². The van der Waals surface area contributed by atoms with Crippen LogP contribution >= 0.6 is 0 Å². The Morgan fingerprint density at radius 1 is 0.952 bits per heavy atom. The van der Waals surface area contributed by atoms with Crippen molar-refractivity contribution in [2.45, 2.75) is 76.7 Å². The standard InChI is InChI=1S/C20H31N/c1-17(2)21-16-20(18-10-6-5-7-11-18)14-19(15-20)12-8-3-4-9-13-19/h5-7,10-11,17,21H,3-4,8-9,12-16H2,1-2H3. The first-order chi connectivity index (χ1) is 10.1. The summed E-state index contributed by atoms with van der Waals surface area (Å²) in [6.07, 6.45) is 11.6. The molecule has 0 radical (unpaired) electrons. The predicted molar refractivity (Wildman–Crippen MR) is 90.6 cm³/mol. The Morgan fingerprint density at radius 3 is 2.14 bits per heavy atom. The predicted octanol–water partition coefficient (Wildman–Crippen LogP) is 5.06. The molecule has 1 aromatic rings. The monoisotopic (exact) mass is 285 g/mol. The van der Waals surface area contributed by atoms with Gasteiger partial charge >= 0.3 is 0 Å². The SMILES string of the molecule is CC(C)NCC1(c2ccccc2)CC2(CCCCCC2)C1. The molecule has 1 aromatic carbocycles. The average Bonchev–Trinajstić information content (AvgIpc) is 2.70. The summed E-state index contributed by atoms with van der Waals surface area (Å²) in [6.45, 7) is 5.67. The fourth-order valence-electron chi connectivity index (χ4n) is 4.84. The normalized spacial score (nSPS) is 23.8. The third-order valence-electron chi connectivity index (χ3n) is 5.83. The summed E-state index contributed by atoms with van der Waals surface area (Å²) < 4.78 is 0. The van der Waals surface area contributed by atoms with Crippen molar-refractivity contribution < 1.29 is 0 Å². The first-order valence-electron chi connectivity index (χ1n) is 8.93. The lowest BCUT2D eigenvalue weighted by Gasteiger charge is -2.57. The minimum Gasteiger partial charge on any atom is -0.314 e. The van der Waals surface area contributed by atoms with E-state index in [2.05, 4.69) is 49.5 Å². The van der Waals surface area contributed by atoms with E-state index in [1.807, 2.05) is 0 Å². The van der Waals surface area contributed by atoms with E-state index in [0.717, 1.165) is 6.54 Å². The molecule has 3 rings (SSSR count). The first-order valence-corrected chi connectivity index (χ1v) is 8.93. The Kier molecular flexibility index (Phi) is 4.40. The second-order valence-electron chi connectivity index (χ2n) is 7.95. The molecule has 0 aliphatic heterocycles. The van der Waals surface area contributed by atoms with Gasteiger partial charge in [0.2, 0.25) is 0 Å². The van der Waals surface area contributed by atoms with E-state index < -0.39 is 0 Å². The number of benzene rings is 1. The molecule has 1 N–H and O–H groups in total. The fourth-order valence-corrected chi connectivity index (χ4v) is 4.84. The summed E-state index contributed by atoms with van der Waals surface area (Å²) in [5.41, 5.74) is 2.63. The third-order valence-corrected chi connectivity index (χ3v) is 5.83. The van der Waals surface area contributed by atoms with Crippen LogP contribution in [0.4, 0.5) is 0 Å². The molecule has 1 nitrogen and oxygen atoms in total. The third kappa shape index (κ3) is 3.18. The molecule has 2 aliphatic carbocycles. The van der Waals surface area contributed by atoms with Crippen molar-refractivity contribution in [3.05, 3.63) is 35.9 Å². The molecule has 2 saturated carbocycles. The molecule has 0 amide bonds. The topological polar surface area (TPSA) is 12.0 Å². The van der Waals surface area contributed by atoms with E-state index in [4.69, 9.17) is 0 Å². The maximum atomic E-state index is 3.72. The van der Waals surface area contributed by atoms with E-state index in [9.17, 15) is 0 Å². The minimum atomic E-state index is 0.399. The summed E-state index contributed by atoms with van der Waals surface area (Å²) >= 11 is 0. The van der Waals surface area contributed by atoms with Gasteiger partial charge in [-0.3, -0.25) is 0 Å². The molecule has 0 heterocycles. The van der Waals surface area contributed by atoms with E-state index in [0.29, 0.717) is 16.9 Å². The number of nitrogens with one attached hydrogen (secondary N) is 1. The van der Waals surface area contributed by atoms with E-state index in [-0.39, 0.29) is 0 Å². The van der Waals surface area contributed by atoms with Crippen molar-refractivity contribution in [1.82, 2.24) is 5.32 Å². The van der Waals surface area contributed by atoms with Gasteiger partial charge in [0.25, 0.3) is 0 Å². The first kappa shape index (κ1) is 15.1. The van der Waals surface area contributed by atoms with Crippen LogP contribution in [-0.2, 0) is 5.41 Å². The van der Waals surface area contributed by atoms with Crippen LogP contribution in [0.2, 0.25) is 0 Å². The van der Waals surface area contributed by atoms with Gasteiger partial charge in [-0.1, -0.05) is 69.9 Å². The van der Waals surface area contributed by atoms with Gasteiger partial charge in [0.15, 0.2) is 0 Å². The summed E-state index contributed by atoms with van der Waals surface area (Å²) in [6, 6.07) is 11.9. The van der Waals surface area contributed by atoms with Crippen molar-refractivity contribution in [3.63, 3.8) is 0 Å². The molecular formula is C20H31N.